The molecule has 2 rings (SSSR count). The van der Waals surface area contributed by atoms with Crippen LogP contribution in [0.1, 0.15) is 49.3 Å². The van der Waals surface area contributed by atoms with Crippen molar-refractivity contribution in [1.29, 1.82) is 0 Å². The zero-order valence-electron chi connectivity index (χ0n) is 13.8. The van der Waals surface area contributed by atoms with Crippen molar-refractivity contribution in [2.75, 3.05) is 19.6 Å². The Morgan fingerprint density at radius 3 is 2.57 bits per heavy atom. The number of carbonyl (C=O) groups excluding carboxylic acids is 1. The van der Waals surface area contributed by atoms with E-state index in [0.29, 0.717) is 5.92 Å². The number of likely N-dealkylation sites (N-methyl/N-ethyl adjacent to an activating group) is 1. The molecule has 1 saturated heterocycles. The number of carbonyl (C=O) groups is 1. The predicted molar refractivity (Wildman–Crippen MR) is 87.6 cm³/mol. The Morgan fingerprint density at radius 2 is 1.95 bits per heavy atom. The molecule has 1 aliphatic rings. The number of rotatable bonds is 4. The lowest BCUT2D eigenvalue weighted by Crippen LogP contribution is -2.49. The van der Waals surface area contributed by atoms with E-state index >= 15 is 0 Å². The molecule has 1 heterocycles. The molecule has 21 heavy (non-hydrogen) atoms. The zero-order chi connectivity index (χ0) is 15.4. The molecule has 1 aliphatic heterocycles. The van der Waals surface area contributed by atoms with Crippen LogP contribution in [0.25, 0.3) is 0 Å². The lowest BCUT2D eigenvalue weighted by molar-refractivity contribution is -0.133. The molecule has 116 valence electrons. The molecule has 0 radical (unpaired) electrons. The molecular weight excluding hydrogens is 260 g/mol. The number of hydrogen-bond donors (Lipinski definition) is 1. The number of amides is 1. The summed E-state index contributed by atoms with van der Waals surface area (Å²) in [5, 5.41) is 3.40. The van der Waals surface area contributed by atoms with Gasteiger partial charge in [-0.3, -0.25) is 4.79 Å². The Hall–Kier alpha value is -1.35. The van der Waals surface area contributed by atoms with Gasteiger partial charge in [-0.25, -0.2) is 0 Å². The van der Waals surface area contributed by atoms with Gasteiger partial charge in [0.25, 0.3) is 0 Å². The van der Waals surface area contributed by atoms with E-state index < -0.39 is 0 Å². The van der Waals surface area contributed by atoms with Crippen LogP contribution in [0.15, 0.2) is 18.2 Å². The van der Waals surface area contributed by atoms with Crippen LogP contribution in [-0.2, 0) is 4.79 Å². The Morgan fingerprint density at radius 1 is 1.24 bits per heavy atom. The van der Waals surface area contributed by atoms with E-state index in [4.69, 9.17) is 0 Å². The second kappa shape index (κ2) is 7.08. The molecule has 2 atom stereocenters. The number of benzene rings is 1. The summed E-state index contributed by atoms with van der Waals surface area (Å²) in [7, 11) is 0. The quantitative estimate of drug-likeness (QED) is 0.923. The first-order valence-electron chi connectivity index (χ1n) is 8.16. The first-order chi connectivity index (χ1) is 10.1. The first-order valence-corrected chi connectivity index (χ1v) is 8.16. The highest BCUT2D eigenvalue weighted by atomic mass is 16.2. The molecule has 0 aromatic heterocycles. The molecule has 3 nitrogen and oxygen atoms in total. The number of hydrogen-bond acceptors (Lipinski definition) is 2. The highest BCUT2D eigenvalue weighted by Gasteiger charge is 2.29. The van der Waals surface area contributed by atoms with Gasteiger partial charge in [-0.1, -0.05) is 18.2 Å². The minimum atomic E-state index is -0.0229. The topological polar surface area (TPSA) is 32.3 Å². The molecule has 2 unspecified atom stereocenters. The normalized spacial score (nSPS) is 22.1. The molecular formula is C18H28N2O. The van der Waals surface area contributed by atoms with E-state index in [-0.39, 0.29) is 11.9 Å². The van der Waals surface area contributed by atoms with Crippen molar-refractivity contribution in [3.63, 3.8) is 0 Å². The SMILES string of the molecule is CCN(CC)C(=O)C1CC(c2ccc(C)c(C)c2)CCN1. The average molecular weight is 288 g/mol. The smallest absolute Gasteiger partial charge is 0.239 e. The third-order valence-electron chi connectivity index (χ3n) is 4.78. The number of nitrogens with zero attached hydrogens (tertiary/aromatic N) is 1. The summed E-state index contributed by atoms with van der Waals surface area (Å²) in [6, 6.07) is 6.71. The van der Waals surface area contributed by atoms with Gasteiger partial charge in [-0.2, -0.15) is 0 Å². The van der Waals surface area contributed by atoms with Crippen molar-refractivity contribution in [2.24, 2.45) is 0 Å². The second-order valence-corrected chi connectivity index (χ2v) is 6.08. The highest BCUT2D eigenvalue weighted by Crippen LogP contribution is 2.29. The zero-order valence-corrected chi connectivity index (χ0v) is 13.8. The Kier molecular flexibility index (Phi) is 5.40. The lowest BCUT2D eigenvalue weighted by Gasteiger charge is -2.33. The second-order valence-electron chi connectivity index (χ2n) is 6.08. The summed E-state index contributed by atoms with van der Waals surface area (Å²) in [5.74, 6) is 0.753. The van der Waals surface area contributed by atoms with Crippen LogP contribution in [0.4, 0.5) is 0 Å². The van der Waals surface area contributed by atoms with E-state index in [1.807, 2.05) is 18.7 Å². The van der Waals surface area contributed by atoms with Crippen LogP contribution < -0.4 is 5.32 Å². The number of piperidine rings is 1. The van der Waals surface area contributed by atoms with Gasteiger partial charge in [0.1, 0.15) is 0 Å². The molecule has 1 amide bonds. The maximum atomic E-state index is 12.5. The van der Waals surface area contributed by atoms with E-state index in [0.717, 1.165) is 32.5 Å². The molecule has 3 heteroatoms. The standard InChI is InChI=1S/C18H28N2O/c1-5-20(6-2)18(21)17-12-16(9-10-19-17)15-8-7-13(3)14(4)11-15/h7-8,11,16-17,19H,5-6,9-10,12H2,1-4H3. The predicted octanol–water partition coefficient (Wildman–Crippen LogP) is 3.01. The largest absolute Gasteiger partial charge is 0.342 e. The third kappa shape index (κ3) is 3.65. The van der Waals surface area contributed by atoms with Gasteiger partial charge in [-0.05, 0) is 69.7 Å². The van der Waals surface area contributed by atoms with Crippen LogP contribution in [0.5, 0.6) is 0 Å². The van der Waals surface area contributed by atoms with Crippen LogP contribution in [0, 0.1) is 13.8 Å². The first kappa shape index (κ1) is 16.0. The fraction of sp³-hybridized carbons (Fsp3) is 0.611. The molecule has 1 fully saturated rings. The van der Waals surface area contributed by atoms with Gasteiger partial charge in [0.05, 0.1) is 6.04 Å². The van der Waals surface area contributed by atoms with Crippen molar-refractivity contribution in [3.8, 4) is 0 Å². The Bertz CT molecular complexity index is 494. The molecule has 0 bridgehead atoms. The van der Waals surface area contributed by atoms with E-state index in [2.05, 4.69) is 37.4 Å². The maximum absolute atomic E-state index is 12.5. The summed E-state index contributed by atoms with van der Waals surface area (Å²) < 4.78 is 0. The van der Waals surface area contributed by atoms with Gasteiger partial charge in [0.2, 0.25) is 5.91 Å². The molecule has 0 spiro atoms. The molecule has 1 aromatic rings. The molecule has 0 saturated carbocycles. The Balaban J connectivity index is 2.09. The summed E-state index contributed by atoms with van der Waals surface area (Å²) in [4.78, 5) is 14.5. The van der Waals surface area contributed by atoms with Crippen LogP contribution in [0.3, 0.4) is 0 Å². The van der Waals surface area contributed by atoms with Gasteiger partial charge >= 0.3 is 0 Å². The van der Waals surface area contributed by atoms with E-state index in [1.54, 1.807) is 0 Å². The fourth-order valence-electron chi connectivity index (χ4n) is 3.18. The average Bonchev–Trinajstić information content (AvgIpc) is 2.51. The number of aryl methyl sites for hydroxylation is 2. The third-order valence-corrected chi connectivity index (χ3v) is 4.78. The fourth-order valence-corrected chi connectivity index (χ4v) is 3.18. The molecule has 1 N–H and O–H groups in total. The van der Waals surface area contributed by atoms with Crippen LogP contribution in [-0.4, -0.2) is 36.5 Å². The molecule has 1 aromatic carbocycles. The maximum Gasteiger partial charge on any atom is 0.239 e. The van der Waals surface area contributed by atoms with Crippen molar-refractivity contribution < 1.29 is 4.79 Å². The van der Waals surface area contributed by atoms with E-state index in [1.165, 1.54) is 16.7 Å². The van der Waals surface area contributed by atoms with Crippen LogP contribution >= 0.6 is 0 Å². The minimum absolute atomic E-state index is 0.0229. The highest BCUT2D eigenvalue weighted by molar-refractivity contribution is 5.82. The van der Waals surface area contributed by atoms with Crippen molar-refractivity contribution in [3.05, 3.63) is 34.9 Å². The van der Waals surface area contributed by atoms with Crippen molar-refractivity contribution in [1.82, 2.24) is 10.2 Å². The van der Waals surface area contributed by atoms with E-state index in [9.17, 15) is 4.79 Å². The molecule has 0 aliphatic carbocycles. The monoisotopic (exact) mass is 288 g/mol. The van der Waals surface area contributed by atoms with Gasteiger partial charge in [-0.15, -0.1) is 0 Å². The van der Waals surface area contributed by atoms with Crippen molar-refractivity contribution in [2.45, 2.75) is 52.5 Å². The summed E-state index contributed by atoms with van der Waals surface area (Å²) in [6.07, 6.45) is 2.03. The van der Waals surface area contributed by atoms with Crippen LogP contribution in [0.2, 0.25) is 0 Å². The summed E-state index contributed by atoms with van der Waals surface area (Å²) >= 11 is 0. The van der Waals surface area contributed by atoms with Gasteiger partial charge in [0.15, 0.2) is 0 Å². The lowest BCUT2D eigenvalue weighted by atomic mass is 9.85. The minimum Gasteiger partial charge on any atom is -0.342 e. The van der Waals surface area contributed by atoms with Crippen molar-refractivity contribution >= 4 is 5.91 Å². The summed E-state index contributed by atoms with van der Waals surface area (Å²) in [5.41, 5.74) is 4.07. The Labute approximate surface area is 128 Å². The van der Waals surface area contributed by atoms with Gasteiger partial charge < -0.3 is 10.2 Å². The van der Waals surface area contributed by atoms with Gasteiger partial charge in [0, 0.05) is 13.1 Å². The summed E-state index contributed by atoms with van der Waals surface area (Å²) in [6.45, 7) is 10.9. The number of nitrogens with one attached hydrogen (secondary N) is 1.